The number of ether oxygens (including phenoxy) is 3. The summed E-state index contributed by atoms with van der Waals surface area (Å²) in [5, 5.41) is -0.0708. The third-order valence-corrected chi connectivity index (χ3v) is 6.93. The van der Waals surface area contributed by atoms with Gasteiger partial charge in [-0.3, -0.25) is 4.79 Å². The minimum atomic E-state index is -0.0708. The van der Waals surface area contributed by atoms with E-state index in [9.17, 15) is 4.79 Å². The minimum Gasteiger partial charge on any atom is -0.496 e. The van der Waals surface area contributed by atoms with Gasteiger partial charge in [0.25, 0.3) is 0 Å². The van der Waals surface area contributed by atoms with Gasteiger partial charge < -0.3 is 28.9 Å². The molecule has 1 amide bonds. The molecule has 0 spiro atoms. The highest BCUT2D eigenvalue weighted by Gasteiger charge is 2.32. The lowest BCUT2D eigenvalue weighted by Gasteiger charge is -2.37. The first-order chi connectivity index (χ1) is 14.1. The zero-order valence-electron chi connectivity index (χ0n) is 18.0. The number of hydrogen-bond acceptors (Lipinski definition) is 7. The van der Waals surface area contributed by atoms with Crippen LogP contribution in [0.3, 0.4) is 0 Å². The second kappa shape index (κ2) is 10.4. The molecule has 1 aromatic rings. The van der Waals surface area contributed by atoms with E-state index >= 15 is 0 Å². The molecule has 2 aliphatic rings. The van der Waals surface area contributed by atoms with Crippen LogP contribution in [-0.2, 0) is 4.79 Å². The zero-order chi connectivity index (χ0) is 20.8. The fourth-order valence-corrected chi connectivity index (χ4v) is 5.19. The van der Waals surface area contributed by atoms with E-state index in [1.807, 2.05) is 17.0 Å². The molecule has 3 rings (SSSR count). The molecule has 2 saturated heterocycles. The zero-order valence-corrected chi connectivity index (χ0v) is 18.8. The van der Waals surface area contributed by atoms with Crippen molar-refractivity contribution in [1.29, 1.82) is 0 Å². The number of nitrogens with zero attached hydrogens (tertiary/aromatic N) is 3. The second-order valence-corrected chi connectivity index (χ2v) is 8.70. The van der Waals surface area contributed by atoms with Crippen LogP contribution in [-0.4, -0.2) is 94.0 Å². The Kier molecular flexibility index (Phi) is 7.91. The van der Waals surface area contributed by atoms with Gasteiger partial charge in [-0.2, -0.15) is 0 Å². The van der Waals surface area contributed by atoms with E-state index in [2.05, 4.69) is 16.8 Å². The number of rotatable bonds is 8. The van der Waals surface area contributed by atoms with E-state index in [1.165, 1.54) is 0 Å². The number of piperazine rings is 1. The highest BCUT2D eigenvalue weighted by molar-refractivity contribution is 7.99. The van der Waals surface area contributed by atoms with Crippen LogP contribution in [0.25, 0.3) is 0 Å². The van der Waals surface area contributed by atoms with Gasteiger partial charge in [-0.15, -0.1) is 11.8 Å². The number of thioether (sulfide) groups is 1. The van der Waals surface area contributed by atoms with E-state index in [-0.39, 0.29) is 11.3 Å². The molecule has 0 N–H and O–H groups in total. The van der Waals surface area contributed by atoms with Crippen molar-refractivity contribution in [3.05, 3.63) is 17.7 Å². The van der Waals surface area contributed by atoms with Gasteiger partial charge >= 0.3 is 0 Å². The summed E-state index contributed by atoms with van der Waals surface area (Å²) in [7, 11) is 7.06. The largest absolute Gasteiger partial charge is 0.496 e. The van der Waals surface area contributed by atoms with Crippen molar-refractivity contribution in [1.82, 2.24) is 14.7 Å². The molecule has 8 heteroatoms. The smallest absolute Gasteiger partial charge is 0.224 e. The predicted octanol–water partition coefficient (Wildman–Crippen LogP) is 2.31. The van der Waals surface area contributed by atoms with Crippen molar-refractivity contribution in [3.8, 4) is 17.2 Å². The van der Waals surface area contributed by atoms with Gasteiger partial charge in [0.05, 0.1) is 21.3 Å². The Hall–Kier alpha value is -1.64. The maximum absolute atomic E-state index is 12.8. The van der Waals surface area contributed by atoms with Crippen molar-refractivity contribution in [2.75, 3.05) is 73.4 Å². The Bertz CT molecular complexity index is 695. The molecule has 1 atom stereocenters. The van der Waals surface area contributed by atoms with E-state index in [1.54, 1.807) is 33.1 Å². The van der Waals surface area contributed by atoms with E-state index in [0.29, 0.717) is 17.9 Å². The summed E-state index contributed by atoms with van der Waals surface area (Å²) in [5.74, 6) is 3.03. The summed E-state index contributed by atoms with van der Waals surface area (Å²) >= 11 is 1.79. The summed E-state index contributed by atoms with van der Waals surface area (Å²) in [4.78, 5) is 19.6. The lowest BCUT2D eigenvalue weighted by Crippen LogP contribution is -2.45. The summed E-state index contributed by atoms with van der Waals surface area (Å²) in [5.41, 5.74) is 0.961. The molecule has 162 valence electrons. The average Bonchev–Trinajstić information content (AvgIpc) is 2.75. The molecule has 2 heterocycles. The van der Waals surface area contributed by atoms with Crippen LogP contribution in [0.1, 0.15) is 23.8 Å². The van der Waals surface area contributed by atoms with Gasteiger partial charge in [-0.05, 0) is 26.1 Å². The Balaban J connectivity index is 1.73. The average molecular weight is 424 g/mol. The normalized spacial score (nSPS) is 21.3. The Morgan fingerprint density at radius 2 is 1.62 bits per heavy atom. The van der Waals surface area contributed by atoms with Gasteiger partial charge in [0.15, 0.2) is 11.5 Å². The topological polar surface area (TPSA) is 54.5 Å². The van der Waals surface area contributed by atoms with Crippen LogP contribution in [0.2, 0.25) is 0 Å². The second-order valence-electron chi connectivity index (χ2n) is 7.51. The maximum Gasteiger partial charge on any atom is 0.224 e. The van der Waals surface area contributed by atoms with Gasteiger partial charge in [0.1, 0.15) is 11.1 Å². The maximum atomic E-state index is 12.8. The highest BCUT2D eigenvalue weighted by atomic mass is 32.2. The van der Waals surface area contributed by atoms with Crippen LogP contribution in [0.15, 0.2) is 12.1 Å². The predicted molar refractivity (Wildman–Crippen MR) is 116 cm³/mol. The molecule has 1 unspecified atom stereocenters. The lowest BCUT2D eigenvalue weighted by molar-refractivity contribution is -0.132. The first-order valence-electron chi connectivity index (χ1n) is 10.2. The summed E-state index contributed by atoms with van der Waals surface area (Å²) in [6, 6.07) is 3.79. The van der Waals surface area contributed by atoms with Gasteiger partial charge in [-0.25, -0.2) is 0 Å². The molecule has 2 fully saturated rings. The highest BCUT2D eigenvalue weighted by Crippen LogP contribution is 2.45. The fourth-order valence-electron chi connectivity index (χ4n) is 3.90. The van der Waals surface area contributed by atoms with Crippen molar-refractivity contribution < 1.29 is 19.0 Å². The first-order valence-corrected chi connectivity index (χ1v) is 11.2. The van der Waals surface area contributed by atoms with Crippen LogP contribution >= 0.6 is 11.8 Å². The molecular formula is C21H33N3O4S. The molecule has 0 saturated carbocycles. The molecule has 29 heavy (non-hydrogen) atoms. The molecular weight excluding hydrogens is 390 g/mol. The van der Waals surface area contributed by atoms with E-state index in [4.69, 9.17) is 14.2 Å². The van der Waals surface area contributed by atoms with Crippen LogP contribution < -0.4 is 14.2 Å². The van der Waals surface area contributed by atoms with Gasteiger partial charge in [-0.1, -0.05) is 0 Å². The first kappa shape index (κ1) is 22.1. The number of carbonyl (C=O) groups excluding carboxylic acids is 1. The van der Waals surface area contributed by atoms with Crippen LogP contribution in [0.4, 0.5) is 0 Å². The molecule has 0 aromatic heterocycles. The van der Waals surface area contributed by atoms with Crippen molar-refractivity contribution in [3.63, 3.8) is 0 Å². The Labute approximate surface area is 178 Å². The third-order valence-electron chi connectivity index (χ3n) is 5.67. The van der Waals surface area contributed by atoms with Gasteiger partial charge in [0.2, 0.25) is 5.91 Å². The van der Waals surface area contributed by atoms with E-state index < -0.39 is 0 Å². The SMILES string of the molecule is COc1cc(OC)c(C2SCCC(=O)N2CCCN2CCN(C)CC2)cc1OC. The number of carbonyl (C=O) groups is 1. The monoisotopic (exact) mass is 423 g/mol. The minimum absolute atomic E-state index is 0.0708. The van der Waals surface area contributed by atoms with Crippen molar-refractivity contribution >= 4 is 17.7 Å². The van der Waals surface area contributed by atoms with E-state index in [0.717, 1.165) is 62.8 Å². The number of methoxy groups -OCH3 is 3. The molecule has 0 aliphatic carbocycles. The molecule has 0 radical (unpaired) electrons. The summed E-state index contributed by atoms with van der Waals surface area (Å²) < 4.78 is 16.5. The quantitative estimate of drug-likeness (QED) is 0.636. The van der Waals surface area contributed by atoms with Crippen molar-refractivity contribution in [2.24, 2.45) is 0 Å². The summed E-state index contributed by atoms with van der Waals surface area (Å²) in [6.07, 6.45) is 1.56. The summed E-state index contributed by atoms with van der Waals surface area (Å²) in [6.45, 7) is 6.21. The standard InChI is InChI=1S/C21H33N3O4S/c1-22-9-11-23(12-10-22)7-5-8-24-20(25)6-13-29-21(24)16-14-18(27-3)19(28-4)15-17(16)26-2/h14-15,21H,5-13H2,1-4H3. The Morgan fingerprint density at radius 3 is 2.28 bits per heavy atom. The Morgan fingerprint density at radius 1 is 0.966 bits per heavy atom. The molecule has 2 aliphatic heterocycles. The molecule has 7 nitrogen and oxygen atoms in total. The van der Waals surface area contributed by atoms with Crippen molar-refractivity contribution in [2.45, 2.75) is 18.2 Å². The molecule has 1 aromatic carbocycles. The third kappa shape index (κ3) is 5.29. The number of likely N-dealkylation sites (N-methyl/N-ethyl adjacent to an activating group) is 1. The fraction of sp³-hybridized carbons (Fsp3) is 0.667. The number of benzene rings is 1. The van der Waals surface area contributed by atoms with Crippen LogP contribution in [0, 0.1) is 0 Å². The lowest BCUT2D eigenvalue weighted by atomic mass is 10.1. The van der Waals surface area contributed by atoms with Gasteiger partial charge in [0, 0.05) is 56.5 Å². The number of amides is 1. The van der Waals surface area contributed by atoms with Crippen LogP contribution in [0.5, 0.6) is 17.2 Å². The molecule has 0 bridgehead atoms. The number of hydrogen-bond donors (Lipinski definition) is 0.